The van der Waals surface area contributed by atoms with Crippen molar-refractivity contribution >= 4 is 22.1 Å². The molecule has 0 saturated heterocycles. The molecule has 1 heterocycles. The van der Waals surface area contributed by atoms with Crippen LogP contribution in [0.2, 0.25) is 0 Å². The van der Waals surface area contributed by atoms with E-state index in [0.717, 1.165) is 40.5 Å². The first-order valence-corrected chi connectivity index (χ1v) is 14.8. The van der Waals surface area contributed by atoms with Gasteiger partial charge in [-0.1, -0.05) is 43.7 Å². The van der Waals surface area contributed by atoms with Crippen LogP contribution in [-0.2, 0) is 35.3 Å². The number of carbonyl (C=O) groups excluding carboxylic acids is 2. The minimum absolute atomic E-state index is 0.0483. The molecule has 45 heavy (non-hydrogen) atoms. The highest BCUT2D eigenvalue weighted by Gasteiger charge is 2.36. The lowest BCUT2D eigenvalue weighted by Crippen LogP contribution is -2.51. The summed E-state index contributed by atoms with van der Waals surface area (Å²) < 4.78 is 78.7. The van der Waals surface area contributed by atoms with Crippen LogP contribution < -0.4 is 4.72 Å². The van der Waals surface area contributed by atoms with E-state index in [0.29, 0.717) is 5.56 Å². The van der Waals surface area contributed by atoms with Crippen LogP contribution in [0.15, 0.2) is 64.8 Å². The Morgan fingerprint density at radius 1 is 1.11 bits per heavy atom. The van der Waals surface area contributed by atoms with E-state index in [4.69, 9.17) is 0 Å². The van der Waals surface area contributed by atoms with Gasteiger partial charge in [-0.2, -0.15) is 18.3 Å². The SMILES string of the molecule is CCOC(=O)OCO/N=[N+](\[O-])N(C)[C@H](C(=O)NS(=O)(=O)c1ccc(-n2nc(C(F)(F)F)cc2-c2ccc(C)cc2)cc1)C(C)C. The number of hydrazine groups is 1. The molecule has 0 aliphatic heterocycles. The molecule has 14 nitrogen and oxygen atoms in total. The van der Waals surface area contributed by atoms with Crippen molar-refractivity contribution in [1.82, 2.24) is 19.5 Å². The number of likely N-dealkylation sites (N-methyl/N-ethyl adjacent to an activating group) is 1. The van der Waals surface area contributed by atoms with Crippen molar-refractivity contribution < 1.29 is 50.5 Å². The Kier molecular flexibility index (Phi) is 11.0. The number of nitrogens with one attached hydrogen (secondary N) is 1. The van der Waals surface area contributed by atoms with E-state index in [1.54, 1.807) is 45.0 Å². The monoisotopic (exact) mass is 656 g/mol. The molecule has 3 aromatic rings. The van der Waals surface area contributed by atoms with Gasteiger partial charge in [0, 0.05) is 5.56 Å². The summed E-state index contributed by atoms with van der Waals surface area (Å²) in [6, 6.07) is 10.9. The fourth-order valence-electron chi connectivity index (χ4n) is 4.04. The van der Waals surface area contributed by atoms with E-state index >= 15 is 0 Å². The third-order valence-corrected chi connectivity index (χ3v) is 7.53. The van der Waals surface area contributed by atoms with Gasteiger partial charge < -0.3 is 19.5 Å². The summed E-state index contributed by atoms with van der Waals surface area (Å²) >= 11 is 0. The van der Waals surface area contributed by atoms with Gasteiger partial charge in [0.25, 0.3) is 22.7 Å². The summed E-state index contributed by atoms with van der Waals surface area (Å²) in [5.41, 5.74) is 0.462. The molecule has 0 bridgehead atoms. The van der Waals surface area contributed by atoms with E-state index in [1.807, 2.05) is 11.6 Å². The Morgan fingerprint density at radius 3 is 2.29 bits per heavy atom. The predicted octanol–water partition coefficient (Wildman–Crippen LogP) is 4.57. The number of aromatic nitrogens is 2. The standard InChI is InChI=1S/C27H31F3N6O8S/c1-6-42-26(38)43-16-44-33-36(39)34(5)24(17(2)3)25(37)32-45(40,41)21-13-11-20(12-14-21)35-22(15-23(31-35)27(28,29)30)19-9-7-18(4)8-10-19/h7-15,17,24H,6,16H2,1-5H3,(H,32,37)/b36-33-/t24-/m0/s1. The molecule has 1 atom stereocenters. The lowest BCUT2D eigenvalue weighted by Gasteiger charge is -2.25. The number of carbonyl (C=O) groups is 2. The summed E-state index contributed by atoms with van der Waals surface area (Å²) in [4.78, 5) is 28.2. The van der Waals surface area contributed by atoms with Gasteiger partial charge in [-0.3, -0.25) is 4.79 Å². The Labute approximate surface area is 256 Å². The zero-order valence-corrected chi connectivity index (χ0v) is 25.6. The molecular formula is C27H31F3N6O8S. The Balaban J connectivity index is 1.80. The third-order valence-electron chi connectivity index (χ3n) is 6.17. The molecule has 2 aromatic carbocycles. The number of hydrogen-bond donors (Lipinski definition) is 1. The summed E-state index contributed by atoms with van der Waals surface area (Å²) in [7, 11) is -3.35. The quantitative estimate of drug-likeness (QED) is 0.0728. The highest BCUT2D eigenvalue weighted by molar-refractivity contribution is 7.90. The van der Waals surface area contributed by atoms with Crippen LogP contribution in [0.3, 0.4) is 0 Å². The average Bonchev–Trinajstić information content (AvgIpc) is 3.42. The number of benzene rings is 2. The van der Waals surface area contributed by atoms with Crippen LogP contribution in [0.1, 0.15) is 32.0 Å². The van der Waals surface area contributed by atoms with Gasteiger partial charge in [-0.25, -0.2) is 22.6 Å². The number of ether oxygens (including phenoxy) is 2. The van der Waals surface area contributed by atoms with E-state index in [1.165, 1.54) is 12.1 Å². The van der Waals surface area contributed by atoms with Crippen molar-refractivity contribution in [3.63, 3.8) is 0 Å². The minimum Gasteiger partial charge on any atom is -0.569 e. The van der Waals surface area contributed by atoms with Gasteiger partial charge in [-0.05, 0) is 50.1 Å². The first-order chi connectivity index (χ1) is 21.0. The maximum atomic E-state index is 13.5. The number of rotatable bonds is 12. The number of nitrogens with zero attached hydrogens (tertiary/aromatic N) is 5. The molecule has 0 saturated carbocycles. The molecule has 1 aromatic heterocycles. The van der Waals surface area contributed by atoms with E-state index in [9.17, 15) is 36.4 Å². The van der Waals surface area contributed by atoms with Crippen LogP contribution >= 0.6 is 0 Å². The minimum atomic E-state index is -4.73. The lowest BCUT2D eigenvalue weighted by atomic mass is 10.0. The molecule has 18 heteroatoms. The number of halogens is 3. The second kappa shape index (κ2) is 14.3. The molecule has 1 N–H and O–H groups in total. The van der Waals surface area contributed by atoms with Crippen molar-refractivity contribution in [2.75, 3.05) is 20.4 Å². The Hall–Kier alpha value is -4.87. The molecule has 1 amide bonds. The van der Waals surface area contributed by atoms with E-state index in [-0.39, 0.29) is 27.9 Å². The van der Waals surface area contributed by atoms with Crippen LogP contribution in [-0.4, -0.2) is 66.7 Å². The van der Waals surface area contributed by atoms with Crippen LogP contribution in [0.25, 0.3) is 16.9 Å². The zero-order chi connectivity index (χ0) is 33.5. The van der Waals surface area contributed by atoms with Gasteiger partial charge in [0.05, 0.1) is 34.9 Å². The zero-order valence-electron chi connectivity index (χ0n) is 24.8. The van der Waals surface area contributed by atoms with Gasteiger partial charge in [-0.15, -0.1) is 5.01 Å². The van der Waals surface area contributed by atoms with Crippen molar-refractivity contribution in [1.29, 1.82) is 0 Å². The fraction of sp³-hybridized carbons (Fsp3) is 0.370. The van der Waals surface area contributed by atoms with Gasteiger partial charge in [0.15, 0.2) is 11.7 Å². The predicted molar refractivity (Wildman–Crippen MR) is 151 cm³/mol. The normalized spacial score (nSPS) is 12.9. The molecule has 3 rings (SSSR count). The Morgan fingerprint density at radius 2 is 1.73 bits per heavy atom. The number of sulfonamides is 1. The average molecular weight is 657 g/mol. The van der Waals surface area contributed by atoms with Gasteiger partial charge in [0.1, 0.15) is 0 Å². The molecule has 244 valence electrons. The molecule has 0 spiro atoms. The molecule has 0 aliphatic carbocycles. The van der Waals surface area contributed by atoms with Crippen LogP contribution in [0.4, 0.5) is 18.0 Å². The first-order valence-electron chi connectivity index (χ1n) is 13.3. The van der Waals surface area contributed by atoms with E-state index in [2.05, 4.69) is 24.7 Å². The largest absolute Gasteiger partial charge is 0.569 e. The lowest BCUT2D eigenvalue weighted by molar-refractivity contribution is -0.712. The highest BCUT2D eigenvalue weighted by Crippen LogP contribution is 2.33. The fourth-order valence-corrected chi connectivity index (χ4v) is 5.04. The summed E-state index contributed by atoms with van der Waals surface area (Å²) in [6.07, 6.45) is -5.79. The van der Waals surface area contributed by atoms with Crippen molar-refractivity contribution in [3.05, 3.63) is 71.1 Å². The molecule has 0 radical (unpaired) electrons. The van der Waals surface area contributed by atoms with Gasteiger partial charge >= 0.3 is 12.3 Å². The van der Waals surface area contributed by atoms with Crippen molar-refractivity contribution in [2.45, 2.75) is 44.8 Å². The van der Waals surface area contributed by atoms with Gasteiger partial charge in [0.2, 0.25) is 5.28 Å². The Bertz CT molecular complexity index is 1630. The number of alkyl halides is 3. The molecular weight excluding hydrogens is 625 g/mol. The number of hydrogen-bond acceptors (Lipinski definition) is 10. The molecule has 0 fully saturated rings. The summed E-state index contributed by atoms with van der Waals surface area (Å²) in [6.45, 7) is 5.75. The van der Waals surface area contributed by atoms with Crippen molar-refractivity contribution in [3.8, 4) is 16.9 Å². The number of aryl methyl sites for hydroxylation is 1. The highest BCUT2D eigenvalue weighted by atomic mass is 32.2. The first kappa shape index (κ1) is 34.6. The second-order valence-electron chi connectivity index (χ2n) is 9.83. The van der Waals surface area contributed by atoms with E-state index < -0.39 is 52.7 Å². The van der Waals surface area contributed by atoms with Crippen LogP contribution in [0, 0.1) is 18.0 Å². The third kappa shape index (κ3) is 8.84. The molecule has 0 aliphatic rings. The maximum Gasteiger partial charge on any atom is 0.511 e. The second-order valence-corrected chi connectivity index (χ2v) is 11.5. The summed E-state index contributed by atoms with van der Waals surface area (Å²) in [5, 5.41) is 20.0. The topological polar surface area (TPSA) is 167 Å². The smallest absolute Gasteiger partial charge is 0.511 e. The molecule has 0 unspecified atom stereocenters. The summed E-state index contributed by atoms with van der Waals surface area (Å²) in [5.74, 6) is -1.70. The van der Waals surface area contributed by atoms with Crippen molar-refractivity contribution in [2.24, 2.45) is 11.2 Å². The maximum absolute atomic E-state index is 13.5. The van der Waals surface area contributed by atoms with Crippen LogP contribution in [0.5, 0.6) is 0 Å². The number of amides is 1.